The molecule has 1 aromatic rings. The smallest absolute Gasteiger partial charge is 0.166 e. The summed E-state index contributed by atoms with van der Waals surface area (Å²) in [5, 5.41) is 0. The molecule has 3 nitrogen and oxygen atoms in total. The molecule has 2 N–H and O–H groups in total. The Labute approximate surface area is 112 Å². The van der Waals surface area contributed by atoms with Gasteiger partial charge in [-0.15, -0.1) is 0 Å². The normalized spacial score (nSPS) is 21.4. The van der Waals surface area contributed by atoms with Crippen molar-refractivity contribution in [1.29, 1.82) is 0 Å². The predicted molar refractivity (Wildman–Crippen MR) is 70.9 cm³/mol. The molecular weight excluding hydrogens is 245 g/mol. The third-order valence-electron chi connectivity index (χ3n) is 4.08. The summed E-state index contributed by atoms with van der Waals surface area (Å²) in [4.78, 5) is 0. The molecule has 2 aliphatic rings. The van der Waals surface area contributed by atoms with Crippen LogP contribution in [0.1, 0.15) is 44.1 Å². The van der Waals surface area contributed by atoms with Gasteiger partial charge >= 0.3 is 0 Å². The first-order valence-electron chi connectivity index (χ1n) is 6.96. The monoisotopic (exact) mass is 265 g/mol. The minimum atomic E-state index is -0.473. The summed E-state index contributed by atoms with van der Waals surface area (Å²) in [5.41, 5.74) is 6.77. The minimum absolute atomic E-state index is 0.239. The van der Waals surface area contributed by atoms with E-state index in [0.29, 0.717) is 11.5 Å². The average Bonchev–Trinajstić information content (AvgIpc) is 3.10. The second-order valence-electron chi connectivity index (χ2n) is 5.67. The quantitative estimate of drug-likeness (QED) is 0.909. The van der Waals surface area contributed by atoms with Crippen molar-refractivity contribution >= 4 is 0 Å². The number of halogens is 1. The lowest BCUT2D eigenvalue weighted by Gasteiger charge is -2.28. The summed E-state index contributed by atoms with van der Waals surface area (Å²) in [6.07, 6.45) is 6.26. The summed E-state index contributed by atoms with van der Waals surface area (Å²) in [6, 6.07) is 2.89. The van der Waals surface area contributed by atoms with Crippen molar-refractivity contribution in [2.75, 3.05) is 7.11 Å². The molecule has 0 amide bonds. The van der Waals surface area contributed by atoms with E-state index in [1.54, 1.807) is 0 Å². The van der Waals surface area contributed by atoms with Crippen LogP contribution in [0.2, 0.25) is 0 Å². The Kier molecular flexibility index (Phi) is 3.13. The molecule has 0 saturated heterocycles. The highest BCUT2D eigenvalue weighted by molar-refractivity contribution is 5.51. The van der Waals surface area contributed by atoms with Crippen LogP contribution in [0, 0.1) is 5.82 Å². The fourth-order valence-electron chi connectivity index (χ4n) is 2.84. The fourth-order valence-corrected chi connectivity index (χ4v) is 2.84. The van der Waals surface area contributed by atoms with Crippen LogP contribution in [0.5, 0.6) is 11.5 Å². The van der Waals surface area contributed by atoms with Gasteiger partial charge in [-0.3, -0.25) is 0 Å². The van der Waals surface area contributed by atoms with Crippen LogP contribution in [0.25, 0.3) is 0 Å². The van der Waals surface area contributed by atoms with Gasteiger partial charge in [-0.2, -0.15) is 0 Å². The predicted octanol–water partition coefficient (Wildman–Crippen LogP) is 3.10. The van der Waals surface area contributed by atoms with E-state index >= 15 is 0 Å². The molecule has 0 bridgehead atoms. The zero-order valence-corrected chi connectivity index (χ0v) is 11.2. The molecule has 2 saturated carbocycles. The molecule has 2 fully saturated rings. The number of nitrogens with two attached hydrogens (primary N) is 1. The van der Waals surface area contributed by atoms with E-state index in [0.717, 1.165) is 44.1 Å². The van der Waals surface area contributed by atoms with Crippen molar-refractivity contribution in [3.05, 3.63) is 23.5 Å². The van der Waals surface area contributed by atoms with Crippen molar-refractivity contribution in [2.45, 2.75) is 50.2 Å². The van der Waals surface area contributed by atoms with E-state index in [4.69, 9.17) is 15.2 Å². The number of hydrogen-bond donors (Lipinski definition) is 1. The van der Waals surface area contributed by atoms with Crippen molar-refractivity contribution in [3.8, 4) is 11.5 Å². The zero-order chi connectivity index (χ0) is 13.5. The standard InChI is InChI=1S/C15H20FNO2/c1-18-13-9-10(16)8-12(14(13)19-11-4-5-11)15(17)6-2-3-7-15/h8-9,11H,2-7,17H2,1H3. The molecule has 2 aliphatic carbocycles. The van der Waals surface area contributed by atoms with Gasteiger partial charge < -0.3 is 15.2 Å². The highest BCUT2D eigenvalue weighted by Crippen LogP contribution is 2.46. The van der Waals surface area contributed by atoms with Crippen LogP contribution in [-0.2, 0) is 5.54 Å². The van der Waals surface area contributed by atoms with E-state index in [1.165, 1.54) is 19.2 Å². The Hall–Kier alpha value is -1.29. The Morgan fingerprint density at radius 1 is 1.26 bits per heavy atom. The zero-order valence-electron chi connectivity index (χ0n) is 11.2. The van der Waals surface area contributed by atoms with E-state index in [2.05, 4.69) is 0 Å². The first-order valence-corrected chi connectivity index (χ1v) is 6.96. The number of methoxy groups -OCH3 is 1. The second kappa shape index (κ2) is 4.67. The van der Waals surface area contributed by atoms with Gasteiger partial charge in [0.1, 0.15) is 5.82 Å². The number of rotatable bonds is 4. The highest BCUT2D eigenvalue weighted by Gasteiger charge is 2.37. The van der Waals surface area contributed by atoms with Crippen LogP contribution < -0.4 is 15.2 Å². The molecule has 0 aromatic heterocycles. The number of hydrogen-bond acceptors (Lipinski definition) is 3. The molecule has 0 spiro atoms. The van der Waals surface area contributed by atoms with Crippen molar-refractivity contribution in [3.63, 3.8) is 0 Å². The fraction of sp³-hybridized carbons (Fsp3) is 0.600. The second-order valence-corrected chi connectivity index (χ2v) is 5.67. The molecule has 0 radical (unpaired) electrons. The maximum atomic E-state index is 13.8. The first kappa shape index (κ1) is 12.7. The van der Waals surface area contributed by atoms with E-state index in [9.17, 15) is 4.39 Å². The molecule has 19 heavy (non-hydrogen) atoms. The van der Waals surface area contributed by atoms with Crippen LogP contribution >= 0.6 is 0 Å². The first-order chi connectivity index (χ1) is 9.12. The highest BCUT2D eigenvalue weighted by atomic mass is 19.1. The van der Waals surface area contributed by atoms with Crippen LogP contribution in [0.3, 0.4) is 0 Å². The Bertz CT molecular complexity index is 479. The number of benzene rings is 1. The molecule has 104 valence electrons. The van der Waals surface area contributed by atoms with Crippen LogP contribution in [0.4, 0.5) is 4.39 Å². The Morgan fingerprint density at radius 3 is 2.53 bits per heavy atom. The van der Waals surface area contributed by atoms with Crippen molar-refractivity contribution < 1.29 is 13.9 Å². The molecule has 4 heteroatoms. The maximum Gasteiger partial charge on any atom is 0.166 e. The van der Waals surface area contributed by atoms with Crippen LogP contribution in [-0.4, -0.2) is 13.2 Å². The molecule has 1 aromatic carbocycles. The SMILES string of the molecule is COc1cc(F)cc(C2(N)CCCC2)c1OC1CC1. The van der Waals surface area contributed by atoms with Gasteiger partial charge in [-0.1, -0.05) is 12.8 Å². The minimum Gasteiger partial charge on any atom is -0.493 e. The van der Waals surface area contributed by atoms with Gasteiger partial charge in [-0.25, -0.2) is 4.39 Å². The summed E-state index contributed by atoms with van der Waals surface area (Å²) < 4.78 is 25.0. The van der Waals surface area contributed by atoms with E-state index in [-0.39, 0.29) is 11.9 Å². The van der Waals surface area contributed by atoms with Gasteiger partial charge in [0.15, 0.2) is 11.5 Å². The van der Waals surface area contributed by atoms with Gasteiger partial charge in [0.25, 0.3) is 0 Å². The largest absolute Gasteiger partial charge is 0.493 e. The van der Waals surface area contributed by atoms with Crippen molar-refractivity contribution in [2.24, 2.45) is 5.73 Å². The van der Waals surface area contributed by atoms with E-state index in [1.807, 2.05) is 0 Å². The third-order valence-corrected chi connectivity index (χ3v) is 4.08. The Morgan fingerprint density at radius 2 is 1.95 bits per heavy atom. The lowest BCUT2D eigenvalue weighted by Crippen LogP contribution is -2.34. The lowest BCUT2D eigenvalue weighted by atomic mass is 9.88. The van der Waals surface area contributed by atoms with Gasteiger partial charge in [0.05, 0.1) is 13.2 Å². The average molecular weight is 265 g/mol. The number of ether oxygens (including phenoxy) is 2. The van der Waals surface area contributed by atoms with Gasteiger partial charge in [0.2, 0.25) is 0 Å². The van der Waals surface area contributed by atoms with Gasteiger partial charge in [-0.05, 0) is 31.7 Å². The summed E-state index contributed by atoms with van der Waals surface area (Å²) >= 11 is 0. The summed E-state index contributed by atoms with van der Waals surface area (Å²) in [5.74, 6) is 0.793. The van der Waals surface area contributed by atoms with E-state index < -0.39 is 5.54 Å². The topological polar surface area (TPSA) is 44.5 Å². The van der Waals surface area contributed by atoms with Crippen molar-refractivity contribution in [1.82, 2.24) is 0 Å². The molecule has 0 aliphatic heterocycles. The molecule has 3 rings (SSSR count). The molecule has 0 heterocycles. The molecular formula is C15H20FNO2. The third kappa shape index (κ3) is 2.41. The summed E-state index contributed by atoms with van der Waals surface area (Å²) in [7, 11) is 1.54. The maximum absolute atomic E-state index is 13.8. The van der Waals surface area contributed by atoms with Gasteiger partial charge in [0, 0.05) is 17.2 Å². The molecule has 0 atom stereocenters. The molecule has 0 unspecified atom stereocenters. The van der Waals surface area contributed by atoms with Crippen LogP contribution in [0.15, 0.2) is 12.1 Å². The Balaban J connectivity index is 2.06. The summed E-state index contributed by atoms with van der Waals surface area (Å²) in [6.45, 7) is 0. The lowest BCUT2D eigenvalue weighted by molar-refractivity contribution is 0.269.